The van der Waals surface area contributed by atoms with Crippen molar-refractivity contribution in [3.8, 4) is 11.5 Å². The summed E-state index contributed by atoms with van der Waals surface area (Å²) >= 11 is 10.9. The normalized spacial score (nSPS) is 10.6. The third-order valence-electron chi connectivity index (χ3n) is 2.59. The minimum atomic E-state index is 0.456. The molecule has 0 saturated carbocycles. The molecule has 0 spiro atoms. The van der Waals surface area contributed by atoms with E-state index in [0.29, 0.717) is 31.3 Å². The van der Waals surface area contributed by atoms with Crippen LogP contribution >= 0.6 is 38.9 Å². The molecule has 0 aliphatic carbocycles. The summed E-state index contributed by atoms with van der Waals surface area (Å²) in [6.07, 6.45) is 0. The predicted octanol–water partition coefficient (Wildman–Crippen LogP) is 4.60. The molecule has 0 aliphatic rings. The number of hydrogen-bond acceptors (Lipinski definition) is 4. The average molecular weight is 377 g/mol. The van der Waals surface area contributed by atoms with E-state index in [0.717, 1.165) is 19.2 Å². The van der Waals surface area contributed by atoms with Gasteiger partial charge in [-0.25, -0.2) is 0 Å². The first kappa shape index (κ1) is 15.6. The Morgan fingerprint density at radius 3 is 2.70 bits per heavy atom. The van der Waals surface area contributed by atoms with E-state index >= 15 is 0 Å². The van der Waals surface area contributed by atoms with Gasteiger partial charge in [-0.1, -0.05) is 11.6 Å². The van der Waals surface area contributed by atoms with Crippen molar-refractivity contribution in [2.75, 3.05) is 6.61 Å². The lowest BCUT2D eigenvalue weighted by molar-refractivity contribution is 0.269. The summed E-state index contributed by atoms with van der Waals surface area (Å²) in [6.45, 7) is 3.42. The SMILES string of the molecule is CCOc1cc(CN)cc(Br)c1OCc1ccc(Cl)s1. The van der Waals surface area contributed by atoms with E-state index in [9.17, 15) is 0 Å². The molecule has 3 nitrogen and oxygen atoms in total. The molecule has 1 heterocycles. The lowest BCUT2D eigenvalue weighted by atomic mass is 10.2. The number of rotatable bonds is 6. The molecule has 0 saturated heterocycles. The molecule has 1 aromatic carbocycles. The fraction of sp³-hybridized carbons (Fsp3) is 0.286. The zero-order valence-electron chi connectivity index (χ0n) is 11.0. The Hall–Kier alpha value is -0.750. The van der Waals surface area contributed by atoms with E-state index in [1.54, 1.807) is 0 Å². The summed E-state index contributed by atoms with van der Waals surface area (Å²) < 4.78 is 13.1. The molecule has 0 radical (unpaired) electrons. The van der Waals surface area contributed by atoms with Crippen LogP contribution in [0.25, 0.3) is 0 Å². The van der Waals surface area contributed by atoms with E-state index in [4.69, 9.17) is 26.8 Å². The van der Waals surface area contributed by atoms with Gasteiger partial charge in [0.05, 0.1) is 15.4 Å². The molecular weight excluding hydrogens is 362 g/mol. The first-order valence-corrected chi connectivity index (χ1v) is 8.15. The highest BCUT2D eigenvalue weighted by molar-refractivity contribution is 9.10. The Balaban J connectivity index is 2.20. The van der Waals surface area contributed by atoms with Gasteiger partial charge in [0.1, 0.15) is 6.61 Å². The van der Waals surface area contributed by atoms with Gasteiger partial charge < -0.3 is 15.2 Å². The van der Waals surface area contributed by atoms with Crippen LogP contribution in [0.1, 0.15) is 17.4 Å². The van der Waals surface area contributed by atoms with Crippen LogP contribution in [0, 0.1) is 0 Å². The zero-order valence-corrected chi connectivity index (χ0v) is 14.1. The van der Waals surface area contributed by atoms with Crippen molar-refractivity contribution in [1.29, 1.82) is 0 Å². The zero-order chi connectivity index (χ0) is 14.5. The van der Waals surface area contributed by atoms with Gasteiger partial charge >= 0.3 is 0 Å². The highest BCUT2D eigenvalue weighted by Crippen LogP contribution is 2.37. The Bertz CT molecular complexity index is 589. The average Bonchev–Trinajstić information content (AvgIpc) is 2.83. The third kappa shape index (κ3) is 3.88. The molecule has 0 atom stereocenters. The van der Waals surface area contributed by atoms with Gasteiger partial charge in [0.15, 0.2) is 11.5 Å². The van der Waals surface area contributed by atoms with Crippen LogP contribution < -0.4 is 15.2 Å². The van der Waals surface area contributed by atoms with Gasteiger partial charge in [-0.15, -0.1) is 11.3 Å². The number of halogens is 2. The molecule has 2 N–H and O–H groups in total. The van der Waals surface area contributed by atoms with Crippen molar-refractivity contribution < 1.29 is 9.47 Å². The van der Waals surface area contributed by atoms with Crippen LogP contribution in [0.5, 0.6) is 11.5 Å². The van der Waals surface area contributed by atoms with Gasteiger partial charge in [-0.05, 0) is 52.7 Å². The molecule has 2 rings (SSSR count). The molecule has 0 amide bonds. The Morgan fingerprint density at radius 2 is 2.10 bits per heavy atom. The number of hydrogen-bond donors (Lipinski definition) is 1. The van der Waals surface area contributed by atoms with E-state index in [-0.39, 0.29) is 0 Å². The fourth-order valence-electron chi connectivity index (χ4n) is 1.71. The molecule has 0 bridgehead atoms. The van der Waals surface area contributed by atoms with Crippen LogP contribution in [0.4, 0.5) is 0 Å². The van der Waals surface area contributed by atoms with Crippen molar-refractivity contribution in [3.05, 3.63) is 43.5 Å². The fourth-order valence-corrected chi connectivity index (χ4v) is 3.32. The minimum absolute atomic E-state index is 0.456. The predicted molar refractivity (Wildman–Crippen MR) is 86.9 cm³/mol. The van der Waals surface area contributed by atoms with E-state index in [2.05, 4.69) is 15.9 Å². The van der Waals surface area contributed by atoms with Crippen molar-refractivity contribution in [1.82, 2.24) is 0 Å². The first-order chi connectivity index (χ1) is 9.63. The lowest BCUT2D eigenvalue weighted by Crippen LogP contribution is -2.02. The van der Waals surface area contributed by atoms with Crippen LogP contribution in [-0.4, -0.2) is 6.61 Å². The van der Waals surface area contributed by atoms with Crippen molar-refractivity contribution in [3.63, 3.8) is 0 Å². The molecule has 0 aliphatic heterocycles. The lowest BCUT2D eigenvalue weighted by Gasteiger charge is -2.14. The van der Waals surface area contributed by atoms with Gasteiger partial charge in [0.25, 0.3) is 0 Å². The van der Waals surface area contributed by atoms with E-state index < -0.39 is 0 Å². The van der Waals surface area contributed by atoms with Gasteiger partial charge in [0, 0.05) is 11.4 Å². The molecule has 108 valence electrons. The quantitative estimate of drug-likeness (QED) is 0.801. The minimum Gasteiger partial charge on any atom is -0.490 e. The van der Waals surface area contributed by atoms with Gasteiger partial charge in [-0.3, -0.25) is 0 Å². The molecule has 20 heavy (non-hydrogen) atoms. The van der Waals surface area contributed by atoms with Crippen LogP contribution in [0.2, 0.25) is 4.34 Å². The number of thiophene rings is 1. The maximum atomic E-state index is 5.91. The second-order valence-corrected chi connectivity index (χ2v) is 6.69. The van der Waals surface area contributed by atoms with E-state index in [1.807, 2.05) is 31.2 Å². The number of ether oxygens (including phenoxy) is 2. The molecular formula is C14H15BrClNO2S. The number of benzene rings is 1. The maximum absolute atomic E-state index is 5.91. The summed E-state index contributed by atoms with van der Waals surface area (Å²) in [7, 11) is 0. The van der Waals surface area contributed by atoms with Crippen LogP contribution in [0.3, 0.4) is 0 Å². The second kappa shape index (κ2) is 7.31. The van der Waals surface area contributed by atoms with Crippen LogP contribution in [-0.2, 0) is 13.2 Å². The highest BCUT2D eigenvalue weighted by atomic mass is 79.9. The molecule has 2 aromatic rings. The molecule has 1 aromatic heterocycles. The summed E-state index contributed by atoms with van der Waals surface area (Å²) in [5, 5.41) is 0. The third-order valence-corrected chi connectivity index (χ3v) is 4.39. The highest BCUT2D eigenvalue weighted by Gasteiger charge is 2.12. The van der Waals surface area contributed by atoms with Gasteiger partial charge in [-0.2, -0.15) is 0 Å². The van der Waals surface area contributed by atoms with Crippen molar-refractivity contribution >= 4 is 38.9 Å². The summed E-state index contributed by atoms with van der Waals surface area (Å²) in [5.74, 6) is 1.39. The monoisotopic (exact) mass is 375 g/mol. The summed E-state index contributed by atoms with van der Waals surface area (Å²) in [5.41, 5.74) is 6.66. The van der Waals surface area contributed by atoms with E-state index in [1.165, 1.54) is 11.3 Å². The number of nitrogens with two attached hydrogens (primary N) is 1. The Labute approximate surface area is 135 Å². The van der Waals surface area contributed by atoms with Crippen molar-refractivity contribution in [2.45, 2.75) is 20.1 Å². The first-order valence-electron chi connectivity index (χ1n) is 6.16. The van der Waals surface area contributed by atoms with Crippen LogP contribution in [0.15, 0.2) is 28.7 Å². The second-order valence-electron chi connectivity index (χ2n) is 4.04. The Morgan fingerprint density at radius 1 is 1.30 bits per heavy atom. The topological polar surface area (TPSA) is 44.5 Å². The Kier molecular flexibility index (Phi) is 5.72. The largest absolute Gasteiger partial charge is 0.490 e. The van der Waals surface area contributed by atoms with Gasteiger partial charge in [0.2, 0.25) is 0 Å². The van der Waals surface area contributed by atoms with Crippen molar-refractivity contribution in [2.24, 2.45) is 5.73 Å². The molecule has 6 heteroatoms. The summed E-state index contributed by atoms with van der Waals surface area (Å²) in [6, 6.07) is 7.67. The summed E-state index contributed by atoms with van der Waals surface area (Å²) in [4.78, 5) is 1.06. The standard InChI is InChI=1S/C14H15BrClNO2S/c1-2-18-12-6-9(7-17)5-11(15)14(12)19-8-10-3-4-13(16)20-10/h3-6H,2,7-8,17H2,1H3. The smallest absolute Gasteiger partial charge is 0.175 e. The maximum Gasteiger partial charge on any atom is 0.175 e. The molecule has 0 fully saturated rings. The molecule has 0 unspecified atom stereocenters.